The fourth-order valence-electron chi connectivity index (χ4n) is 17.4. The number of ketones is 2. The number of rotatable bonds is 23. The Hall–Kier alpha value is -10.7. The molecule has 702 valence electrons. The predicted octanol–water partition coefficient (Wildman–Crippen LogP) is 7.38. The van der Waals surface area contributed by atoms with Gasteiger partial charge in [0.25, 0.3) is 0 Å². The SMILES string of the molecule is CC[C@H](CC(C)C)C(=O)NC1C(=O)C[C@@H](CC(N)=O)C(=O)NC2C(=O)CC3C(=O)N[C@H](C(=O)N[C@@H](C(=O)O)c4cc(O)cc(O)c4-c4cc3ccc4O)[C@H](OC3CC(C)(N)C(O)C(C)O3)c3ccc(c(Cl)c3)Oc3cc2cc(c3OC2OC(CO)C(O)C(O)C2OC2CC(C)(NCC(OCc3cccc(-c4ccc(Cl)cc4)c3)C(=O)O)C(O)C(C)O2)Oc2ccc(cc2Cl)[C@H]1O. The fraction of sp³-hybridized carbons (Fsp3) is 0.446. The van der Waals surface area contributed by atoms with Crippen LogP contribution in [-0.4, -0.2) is 219 Å². The molecule has 8 heterocycles. The number of phenolic OH excluding ortho intramolecular Hbond substituents is 3. The van der Waals surface area contributed by atoms with E-state index in [0.29, 0.717) is 17.0 Å². The molecule has 0 saturated carbocycles. The summed E-state index contributed by atoms with van der Waals surface area (Å²) in [4.78, 5) is 135. The zero-order valence-corrected chi connectivity index (χ0v) is 74.2. The number of carbonyl (C=O) groups is 9. The number of fused-ring (bicyclic) bond motifs is 15. The molecule has 39 heteroatoms. The number of hydrogen-bond donors (Lipinski definition) is 18. The van der Waals surface area contributed by atoms with Crippen molar-refractivity contribution in [1.29, 1.82) is 0 Å². The van der Waals surface area contributed by atoms with Crippen LogP contribution >= 0.6 is 34.8 Å². The Labute approximate surface area is 766 Å². The van der Waals surface area contributed by atoms with Crippen molar-refractivity contribution in [3.8, 4) is 68.2 Å². The highest BCUT2D eigenvalue weighted by Gasteiger charge is 2.54. The first-order valence-electron chi connectivity index (χ1n) is 42.5. The number of Topliss-reactive ketones (excluding diaryl/α,β-unsaturated/α-hetero) is 2. The van der Waals surface area contributed by atoms with Crippen molar-refractivity contribution >= 4 is 87.8 Å². The van der Waals surface area contributed by atoms with Gasteiger partial charge in [-0.3, -0.25) is 33.6 Å². The van der Waals surface area contributed by atoms with Gasteiger partial charge in [-0.05, 0) is 158 Å². The number of hydrogen-bond acceptors (Lipinski definition) is 29. The topological polar surface area (TPSA) is 571 Å². The second kappa shape index (κ2) is 40.8. The number of aliphatic carboxylic acids is 2. The van der Waals surface area contributed by atoms with Crippen molar-refractivity contribution in [2.45, 2.75) is 227 Å². The van der Waals surface area contributed by atoms with Gasteiger partial charge in [-0.1, -0.05) is 104 Å². The first kappa shape index (κ1) is 97.8. The average Bonchev–Trinajstić information content (AvgIpc) is 0.763. The Morgan fingerprint density at radius 1 is 0.664 bits per heavy atom. The van der Waals surface area contributed by atoms with Gasteiger partial charge in [0, 0.05) is 83.4 Å². The normalized spacial score (nSPS) is 29.3. The lowest BCUT2D eigenvalue weighted by atomic mass is 9.84. The summed E-state index contributed by atoms with van der Waals surface area (Å²) in [7, 11) is 0. The zero-order chi connectivity index (χ0) is 94.8. The Morgan fingerprint density at radius 3 is 1.94 bits per heavy atom. The van der Waals surface area contributed by atoms with Gasteiger partial charge >= 0.3 is 11.9 Å². The average molecular weight is 1880 g/mol. The van der Waals surface area contributed by atoms with Crippen LogP contribution in [-0.2, 0) is 78.2 Å². The summed E-state index contributed by atoms with van der Waals surface area (Å²) in [5, 5.41) is 141. The molecule has 36 nitrogen and oxygen atoms in total. The minimum atomic E-state index is -2.30. The third-order valence-corrected chi connectivity index (χ3v) is 25.3. The van der Waals surface area contributed by atoms with Crippen molar-refractivity contribution in [3.63, 3.8) is 0 Å². The van der Waals surface area contributed by atoms with Crippen molar-refractivity contribution in [3.05, 3.63) is 176 Å². The van der Waals surface area contributed by atoms with Gasteiger partial charge in [-0.25, -0.2) is 9.59 Å². The number of aromatic hydroxyl groups is 3. The lowest BCUT2D eigenvalue weighted by molar-refractivity contribution is -0.334. The fourth-order valence-corrected chi connectivity index (χ4v) is 17.9. The monoisotopic (exact) mass is 1880 g/mol. The number of benzene rings is 7. The lowest BCUT2D eigenvalue weighted by Crippen LogP contribution is -2.66. The second-order valence-corrected chi connectivity index (χ2v) is 36.0. The molecule has 5 amide bonds. The quantitative estimate of drug-likeness (QED) is 0.0297. The first-order valence-corrected chi connectivity index (χ1v) is 43.6. The summed E-state index contributed by atoms with van der Waals surface area (Å²) in [6.07, 6.45) is -27.2. The number of halogens is 3. The van der Waals surface area contributed by atoms with Crippen molar-refractivity contribution in [2.24, 2.45) is 29.2 Å². The van der Waals surface area contributed by atoms with E-state index in [1.54, 1.807) is 31.2 Å². The van der Waals surface area contributed by atoms with Gasteiger partial charge in [0.05, 0.1) is 59.5 Å². The maximum absolute atomic E-state index is 16.7. The number of phenols is 3. The summed E-state index contributed by atoms with van der Waals surface area (Å²) < 4.78 is 58.9. The number of aliphatic hydroxyl groups excluding tert-OH is 6. The maximum Gasteiger partial charge on any atom is 0.334 e. The second-order valence-electron chi connectivity index (χ2n) is 34.7. The molecule has 3 saturated heterocycles. The molecule has 15 rings (SSSR count). The molecular formula is C92H104Cl3N7O29. The number of carbonyl (C=O) groups excluding carboxylic acids is 7. The Bertz CT molecular complexity index is 5480. The highest BCUT2D eigenvalue weighted by Crippen LogP contribution is 2.51. The van der Waals surface area contributed by atoms with Crippen LogP contribution in [0, 0.1) is 17.8 Å². The van der Waals surface area contributed by atoms with Crippen molar-refractivity contribution in [2.75, 3.05) is 13.2 Å². The molecule has 8 aliphatic rings. The number of amides is 5. The lowest BCUT2D eigenvalue weighted by Gasteiger charge is -2.48. The molecule has 7 aromatic rings. The summed E-state index contributed by atoms with van der Waals surface area (Å²) in [5.41, 5.74) is 9.25. The van der Waals surface area contributed by atoms with Crippen LogP contribution < -0.4 is 52.3 Å². The molecule has 131 heavy (non-hydrogen) atoms. The van der Waals surface area contributed by atoms with Crippen molar-refractivity contribution in [1.82, 2.24) is 26.6 Å². The number of carboxylic acid groups (broad SMARTS) is 2. The molecular weight excluding hydrogens is 1770 g/mol. The standard InChI is InChI=1S/C92H104Cl3N7O29/c1-8-43(22-39(2)3)84(115)101-74-60(107)27-50(30-68(96)109)85(116)99-72-49-28-64(126-62-20-15-47(76(74)110)25-56(62)94)80(131-90-81(78(112)77(111)67(37-103)128-90)130-70-35-92(7,83(114)41(5)125-70)98-36-66(88(119)120)123-38-42-10-9-11-45(23-42)44-12-17-51(93)18-13-44)65(29-49)127-63-21-16-48(26-57(63)95)79(129-69-34-91(6,97)82(113)40(4)124-69)75-87(118)100-73(89(121)122)55-31-52(104)32-59(106)71(55)54-24-46(14-19-58(54)105)53(33-61(72)108)86(117)102-75/h9-21,23-26,28-29,31-32,39-41,43,50,53,66-67,69-70,72-79,81-83,90,98,103-106,110-114H,8,22,27,30,33-38,97H2,1-7H3,(H2,96,109)(H,99,116)(H,100,118)(H,101,115)(H,102,117)(H,119,120)(H,121,122)/t40?,41?,43-,50+,53?,66?,67?,69?,70?,72?,73-,74?,75+,76-,77?,78?,79-,81?,82?,83?,90?,91?,92?/m1/s1. The van der Waals surface area contributed by atoms with Gasteiger partial charge in [-0.2, -0.15) is 0 Å². The van der Waals surface area contributed by atoms with Crippen molar-refractivity contribution < 1.29 is 142 Å². The number of nitrogens with two attached hydrogens (primary N) is 2. The summed E-state index contributed by atoms with van der Waals surface area (Å²) in [5.74, 6) is -21.2. The molecule has 11 bridgehead atoms. The summed E-state index contributed by atoms with van der Waals surface area (Å²) in [6, 6.07) is 19.9. The number of nitrogens with one attached hydrogen (secondary N) is 5. The van der Waals surface area contributed by atoms with Gasteiger partial charge in [-0.15, -0.1) is 0 Å². The molecule has 0 aromatic heterocycles. The van der Waals surface area contributed by atoms with E-state index in [2.05, 4.69) is 26.6 Å². The maximum atomic E-state index is 16.7. The predicted molar refractivity (Wildman–Crippen MR) is 466 cm³/mol. The Kier molecular flexibility index (Phi) is 30.4. The zero-order valence-electron chi connectivity index (χ0n) is 72.0. The smallest absolute Gasteiger partial charge is 0.334 e. The van der Waals surface area contributed by atoms with Crippen LogP contribution in [0.25, 0.3) is 22.3 Å². The van der Waals surface area contributed by atoms with E-state index in [9.17, 15) is 75.3 Å². The van der Waals surface area contributed by atoms with E-state index in [0.717, 1.165) is 53.6 Å². The largest absolute Gasteiger partial charge is 0.508 e. The summed E-state index contributed by atoms with van der Waals surface area (Å²) in [6.45, 7) is 9.76. The summed E-state index contributed by atoms with van der Waals surface area (Å²) >= 11 is 20.9. The van der Waals surface area contributed by atoms with Crippen LogP contribution in [0.4, 0.5) is 0 Å². The first-order chi connectivity index (χ1) is 62.0. The molecule has 8 aliphatic heterocycles. The third kappa shape index (κ3) is 22.0. The van der Waals surface area contributed by atoms with E-state index in [4.69, 9.17) is 88.9 Å². The molecule has 23 atom stereocenters. The Morgan fingerprint density at radius 2 is 1.31 bits per heavy atom. The molecule has 0 aliphatic carbocycles. The number of aliphatic hydroxyl groups is 6. The van der Waals surface area contributed by atoms with Crippen LogP contribution in [0.2, 0.25) is 15.1 Å². The van der Waals surface area contributed by atoms with Crippen LogP contribution in [0.1, 0.15) is 157 Å². The van der Waals surface area contributed by atoms with Gasteiger partial charge in [0.1, 0.15) is 77.4 Å². The van der Waals surface area contributed by atoms with Gasteiger partial charge in [0.15, 0.2) is 53.9 Å². The van der Waals surface area contributed by atoms with E-state index < -0.39 is 292 Å². The van der Waals surface area contributed by atoms with Gasteiger partial charge in [0.2, 0.25) is 41.6 Å². The molecule has 0 spiro atoms. The molecule has 20 N–H and O–H groups in total. The van der Waals surface area contributed by atoms with Gasteiger partial charge < -0.3 is 137 Å². The molecule has 7 aromatic carbocycles. The van der Waals surface area contributed by atoms with E-state index in [1.165, 1.54) is 64.1 Å². The highest BCUT2D eigenvalue weighted by atomic mass is 35.5. The van der Waals surface area contributed by atoms with Crippen LogP contribution in [0.15, 0.2) is 127 Å². The Balaban J connectivity index is 0.992. The minimum Gasteiger partial charge on any atom is -0.508 e. The number of primary amides is 1. The van der Waals surface area contributed by atoms with E-state index in [-0.39, 0.29) is 59.2 Å². The molecule has 17 unspecified atom stereocenters. The molecule has 0 radical (unpaired) electrons. The van der Waals surface area contributed by atoms with Crippen LogP contribution in [0.3, 0.4) is 0 Å². The number of ether oxygens (including phenoxy) is 9. The van der Waals surface area contributed by atoms with E-state index >= 15 is 24.0 Å². The van der Waals surface area contributed by atoms with Crippen LogP contribution in [0.5, 0.6) is 46.0 Å². The molecule has 3 fully saturated rings. The van der Waals surface area contributed by atoms with E-state index in [1.807, 2.05) is 38.1 Å². The highest BCUT2D eigenvalue weighted by molar-refractivity contribution is 6.32. The number of carboxylic acids is 2. The third-order valence-electron chi connectivity index (χ3n) is 24.5. The minimum absolute atomic E-state index is 0.0537.